The Kier molecular flexibility index (Phi) is 26.6. The van der Waals surface area contributed by atoms with Crippen LogP contribution in [0.1, 0.15) is 99.3 Å². The van der Waals surface area contributed by atoms with E-state index in [0.29, 0.717) is 32.6 Å². The third-order valence-corrected chi connectivity index (χ3v) is 6.96. The van der Waals surface area contributed by atoms with Gasteiger partial charge in [-0.2, -0.15) is 0 Å². The van der Waals surface area contributed by atoms with E-state index in [-0.39, 0.29) is 31.9 Å². The van der Waals surface area contributed by atoms with Crippen LogP contribution in [0, 0.1) is 11.8 Å². The Labute approximate surface area is 255 Å². The molecule has 0 aliphatic carbocycles. The average molecular weight is 609 g/mol. The topological polar surface area (TPSA) is 158 Å². The van der Waals surface area contributed by atoms with Gasteiger partial charge in [0.2, 0.25) is 11.8 Å². The van der Waals surface area contributed by atoms with Crippen LogP contribution in [0.4, 0.5) is 0 Å². The standard InChI is InChI=1S/C25H46N2O8.C4H10.CH4O.CH4/c1-18-23(31)24(32)20(16-28)35-25(18)34-15-8-4-5-11-21(29)26-13-7-3-6-12-22(30)27-14-9-10-19(27)17-33-2;1-4(2)3;1-2;/h18-20,23-25,28,31-32H,3-17H2,1-2H3,(H,26,29);4H,1-3H3;2H,1H3;1H4/t18-,19-,20?,23+,24-,25?;;;/m0.../s1. The molecule has 0 radical (unpaired) electrons. The van der Waals surface area contributed by atoms with Crippen LogP contribution < -0.4 is 5.32 Å². The van der Waals surface area contributed by atoms with Gasteiger partial charge in [-0.05, 0) is 44.4 Å². The third kappa shape index (κ3) is 17.7. The van der Waals surface area contributed by atoms with Crippen LogP contribution in [-0.2, 0) is 23.8 Å². The van der Waals surface area contributed by atoms with Gasteiger partial charge in [0.05, 0.1) is 25.4 Å². The number of unbranched alkanes of at least 4 members (excludes halogenated alkanes) is 4. The molecule has 2 aliphatic rings. The summed E-state index contributed by atoms with van der Waals surface area (Å²) in [6.45, 7) is 10.3. The van der Waals surface area contributed by atoms with E-state index in [1.54, 1.807) is 14.0 Å². The number of carbonyl (C=O) groups is 2. The van der Waals surface area contributed by atoms with E-state index in [2.05, 4.69) is 26.1 Å². The zero-order valence-electron chi connectivity index (χ0n) is 26.4. The summed E-state index contributed by atoms with van der Waals surface area (Å²) in [4.78, 5) is 26.3. The Hall–Kier alpha value is -1.34. The maximum Gasteiger partial charge on any atom is 0.222 e. The van der Waals surface area contributed by atoms with Crippen molar-refractivity contribution >= 4 is 11.8 Å². The summed E-state index contributed by atoms with van der Waals surface area (Å²) >= 11 is 0. The van der Waals surface area contributed by atoms with Crippen molar-refractivity contribution < 1.29 is 44.2 Å². The molecule has 0 aromatic carbocycles. The molecule has 252 valence electrons. The molecule has 6 atom stereocenters. The number of hydrogen-bond donors (Lipinski definition) is 5. The highest BCUT2D eigenvalue weighted by Crippen LogP contribution is 2.27. The summed E-state index contributed by atoms with van der Waals surface area (Å²) in [5.74, 6) is 0.683. The van der Waals surface area contributed by atoms with Crippen LogP contribution in [0.25, 0.3) is 0 Å². The van der Waals surface area contributed by atoms with Gasteiger partial charge in [-0.3, -0.25) is 9.59 Å². The van der Waals surface area contributed by atoms with Gasteiger partial charge in [-0.25, -0.2) is 0 Å². The molecule has 11 nitrogen and oxygen atoms in total. The van der Waals surface area contributed by atoms with E-state index < -0.39 is 30.5 Å². The average Bonchev–Trinajstić information content (AvgIpc) is 3.41. The molecular weight excluding hydrogens is 544 g/mol. The molecule has 2 rings (SSSR count). The monoisotopic (exact) mass is 608 g/mol. The number of methoxy groups -OCH3 is 1. The first-order valence-electron chi connectivity index (χ1n) is 15.4. The van der Waals surface area contributed by atoms with Gasteiger partial charge >= 0.3 is 0 Å². The van der Waals surface area contributed by atoms with E-state index in [4.69, 9.17) is 19.3 Å². The lowest BCUT2D eigenvalue weighted by molar-refractivity contribution is -0.282. The van der Waals surface area contributed by atoms with Gasteiger partial charge < -0.3 is 44.9 Å². The van der Waals surface area contributed by atoms with Crippen molar-refractivity contribution in [1.82, 2.24) is 10.2 Å². The maximum absolute atomic E-state index is 12.4. The quantitative estimate of drug-likeness (QED) is 0.166. The van der Waals surface area contributed by atoms with E-state index in [0.717, 1.165) is 70.9 Å². The van der Waals surface area contributed by atoms with Crippen LogP contribution in [0.15, 0.2) is 0 Å². The largest absolute Gasteiger partial charge is 0.400 e. The molecular formula is C31H64N2O9. The Morgan fingerprint density at radius 3 is 2.24 bits per heavy atom. The number of amides is 2. The molecule has 0 bridgehead atoms. The van der Waals surface area contributed by atoms with Crippen molar-refractivity contribution in [2.45, 2.75) is 130 Å². The van der Waals surface area contributed by atoms with Crippen molar-refractivity contribution in [3.8, 4) is 0 Å². The van der Waals surface area contributed by atoms with Gasteiger partial charge in [0.15, 0.2) is 6.29 Å². The van der Waals surface area contributed by atoms with E-state index in [1.165, 1.54) is 0 Å². The summed E-state index contributed by atoms with van der Waals surface area (Å²) in [7, 11) is 2.67. The molecule has 42 heavy (non-hydrogen) atoms. The maximum atomic E-state index is 12.4. The van der Waals surface area contributed by atoms with E-state index in [1.807, 2.05) is 4.90 Å². The second-order valence-corrected chi connectivity index (χ2v) is 11.5. The molecule has 0 aromatic heterocycles. The third-order valence-electron chi connectivity index (χ3n) is 6.96. The van der Waals surface area contributed by atoms with E-state index >= 15 is 0 Å². The van der Waals surface area contributed by atoms with Crippen LogP contribution >= 0.6 is 0 Å². The molecule has 2 unspecified atom stereocenters. The normalized spacial score (nSPS) is 25.1. The fraction of sp³-hybridized carbons (Fsp3) is 0.935. The van der Waals surface area contributed by atoms with Crippen LogP contribution in [0.3, 0.4) is 0 Å². The number of carbonyl (C=O) groups excluding carboxylic acids is 2. The van der Waals surface area contributed by atoms with E-state index in [9.17, 15) is 24.9 Å². The second-order valence-electron chi connectivity index (χ2n) is 11.5. The highest BCUT2D eigenvalue weighted by atomic mass is 16.7. The number of nitrogens with one attached hydrogen (secondary N) is 1. The van der Waals surface area contributed by atoms with Crippen molar-refractivity contribution in [3.63, 3.8) is 0 Å². The number of ether oxygens (including phenoxy) is 3. The minimum Gasteiger partial charge on any atom is -0.400 e. The smallest absolute Gasteiger partial charge is 0.222 e. The second kappa shape index (κ2) is 26.1. The zero-order chi connectivity index (χ0) is 31.2. The molecule has 5 N–H and O–H groups in total. The number of aliphatic hydroxyl groups is 4. The highest BCUT2D eigenvalue weighted by Gasteiger charge is 2.42. The van der Waals surface area contributed by atoms with Crippen LogP contribution in [-0.4, -0.2) is 115 Å². The lowest BCUT2D eigenvalue weighted by atomic mass is 9.92. The minimum absolute atomic E-state index is 0. The Morgan fingerprint density at radius 2 is 1.62 bits per heavy atom. The first-order valence-corrected chi connectivity index (χ1v) is 15.4. The fourth-order valence-corrected chi connectivity index (χ4v) is 4.74. The summed E-state index contributed by atoms with van der Waals surface area (Å²) in [6, 6.07) is 0.225. The minimum atomic E-state index is -1.13. The van der Waals surface area contributed by atoms with Crippen molar-refractivity contribution in [2.75, 3.05) is 47.1 Å². The van der Waals surface area contributed by atoms with Gasteiger partial charge in [0, 0.05) is 52.7 Å². The number of hydrogen-bond acceptors (Lipinski definition) is 9. The first kappa shape index (κ1) is 42.8. The molecule has 2 saturated heterocycles. The SMILES string of the molecule is C.CC(C)C.CO.COC[C@@H]1CCCN1C(=O)CCCCCNC(=O)CCCCCOC1OC(CO)[C@H](O)[C@H](O)[C@@H]1C. The van der Waals surface area contributed by atoms with Gasteiger partial charge in [0.1, 0.15) is 12.2 Å². The summed E-state index contributed by atoms with van der Waals surface area (Å²) in [5.41, 5.74) is 0. The summed E-state index contributed by atoms with van der Waals surface area (Å²) < 4.78 is 16.4. The molecule has 2 heterocycles. The fourth-order valence-electron chi connectivity index (χ4n) is 4.74. The predicted octanol–water partition coefficient (Wildman–Crippen LogP) is 2.86. The molecule has 11 heteroatoms. The molecule has 0 aromatic rings. The zero-order valence-corrected chi connectivity index (χ0v) is 26.4. The Balaban J connectivity index is 0. The highest BCUT2D eigenvalue weighted by molar-refractivity contribution is 5.77. The molecule has 2 fully saturated rings. The number of rotatable bonds is 16. The van der Waals surface area contributed by atoms with Crippen molar-refractivity contribution in [2.24, 2.45) is 11.8 Å². The first-order chi connectivity index (χ1) is 19.6. The predicted molar refractivity (Wildman–Crippen MR) is 165 cm³/mol. The van der Waals surface area contributed by atoms with Crippen molar-refractivity contribution in [3.05, 3.63) is 0 Å². The Bertz CT molecular complexity index is 664. The van der Waals surface area contributed by atoms with Crippen molar-refractivity contribution in [1.29, 1.82) is 0 Å². The van der Waals surface area contributed by atoms with Gasteiger partial charge in [-0.15, -0.1) is 0 Å². The Morgan fingerprint density at radius 1 is 1.00 bits per heavy atom. The number of nitrogens with zero attached hydrogens (tertiary/aromatic N) is 1. The van der Waals surface area contributed by atoms with Gasteiger partial charge in [0.25, 0.3) is 0 Å². The van der Waals surface area contributed by atoms with Crippen LogP contribution in [0.5, 0.6) is 0 Å². The van der Waals surface area contributed by atoms with Crippen LogP contribution in [0.2, 0.25) is 0 Å². The van der Waals surface area contributed by atoms with Gasteiger partial charge in [-0.1, -0.05) is 48.0 Å². The molecule has 2 aliphatic heterocycles. The summed E-state index contributed by atoms with van der Waals surface area (Å²) in [6.07, 6.45) is 4.37. The molecule has 0 spiro atoms. The summed E-state index contributed by atoms with van der Waals surface area (Å²) in [5, 5.41) is 39.1. The lowest BCUT2D eigenvalue weighted by Gasteiger charge is -2.40. The molecule has 0 saturated carbocycles. The lowest BCUT2D eigenvalue weighted by Crippen LogP contribution is -2.55. The number of likely N-dealkylation sites (tertiary alicyclic amines) is 1. The molecule has 2 amide bonds. The number of aliphatic hydroxyl groups excluding tert-OH is 4.